The molecule has 128 valence electrons. The summed E-state index contributed by atoms with van der Waals surface area (Å²) in [5.41, 5.74) is 2.56. The highest BCUT2D eigenvalue weighted by Crippen LogP contribution is 2.14. The average Bonchev–Trinajstić information content (AvgIpc) is 2.87. The predicted octanol–water partition coefficient (Wildman–Crippen LogP) is 2.11. The minimum Gasteiger partial charge on any atom is -0.480 e. The van der Waals surface area contributed by atoms with E-state index in [9.17, 15) is 14.7 Å². The first-order chi connectivity index (χ1) is 11.3. The summed E-state index contributed by atoms with van der Waals surface area (Å²) in [4.78, 5) is 23.7. The number of nitrogens with zero attached hydrogens (tertiary/aromatic N) is 3. The van der Waals surface area contributed by atoms with Gasteiger partial charge in [0.2, 0.25) is 0 Å². The van der Waals surface area contributed by atoms with Crippen LogP contribution in [0.2, 0.25) is 0 Å². The molecule has 0 radical (unpaired) electrons. The van der Waals surface area contributed by atoms with Gasteiger partial charge in [-0.1, -0.05) is 31.2 Å². The van der Waals surface area contributed by atoms with Crippen LogP contribution in [0, 0.1) is 19.8 Å². The van der Waals surface area contributed by atoms with Gasteiger partial charge in [0.1, 0.15) is 6.04 Å². The number of aryl methyl sites for hydroxylation is 1. The van der Waals surface area contributed by atoms with Gasteiger partial charge in [0, 0.05) is 0 Å². The molecule has 1 atom stereocenters. The predicted molar refractivity (Wildman–Crippen MR) is 89.2 cm³/mol. The van der Waals surface area contributed by atoms with Crippen LogP contribution in [-0.2, 0) is 4.79 Å². The number of amides is 1. The van der Waals surface area contributed by atoms with Gasteiger partial charge >= 0.3 is 5.97 Å². The van der Waals surface area contributed by atoms with Crippen LogP contribution < -0.4 is 5.32 Å². The molecule has 0 aliphatic rings. The fraction of sp³-hybridized carbons (Fsp3) is 0.412. The van der Waals surface area contributed by atoms with Crippen molar-refractivity contribution in [1.29, 1.82) is 0 Å². The molecule has 2 N–H and O–H groups in total. The van der Waals surface area contributed by atoms with E-state index in [-0.39, 0.29) is 11.6 Å². The lowest BCUT2D eigenvalue weighted by atomic mass is 10.0. The Kier molecular flexibility index (Phi) is 5.33. The zero-order valence-corrected chi connectivity index (χ0v) is 14.3. The van der Waals surface area contributed by atoms with Gasteiger partial charge in [-0.05, 0) is 43.9 Å². The highest BCUT2D eigenvalue weighted by Gasteiger charge is 2.25. The molecule has 0 aliphatic heterocycles. The van der Waals surface area contributed by atoms with E-state index in [1.165, 1.54) is 0 Å². The van der Waals surface area contributed by atoms with Gasteiger partial charge in [-0.3, -0.25) is 4.79 Å². The third kappa shape index (κ3) is 3.98. The number of rotatable bonds is 6. The Hall–Kier alpha value is -2.70. The van der Waals surface area contributed by atoms with E-state index in [0.29, 0.717) is 12.1 Å². The number of aromatic nitrogens is 3. The highest BCUT2D eigenvalue weighted by atomic mass is 16.4. The number of benzene rings is 1. The van der Waals surface area contributed by atoms with Gasteiger partial charge < -0.3 is 10.4 Å². The number of aliphatic carboxylic acids is 1. The average molecular weight is 330 g/mol. The summed E-state index contributed by atoms with van der Waals surface area (Å²) >= 11 is 0. The second-order valence-electron chi connectivity index (χ2n) is 6.27. The van der Waals surface area contributed by atoms with Crippen LogP contribution >= 0.6 is 0 Å². The molecule has 0 aliphatic carbocycles. The van der Waals surface area contributed by atoms with Crippen molar-refractivity contribution >= 4 is 11.9 Å². The van der Waals surface area contributed by atoms with Gasteiger partial charge in [-0.2, -0.15) is 0 Å². The Morgan fingerprint density at radius 1 is 1.29 bits per heavy atom. The molecule has 24 heavy (non-hydrogen) atoms. The van der Waals surface area contributed by atoms with E-state index >= 15 is 0 Å². The van der Waals surface area contributed by atoms with Gasteiger partial charge in [0.05, 0.1) is 11.4 Å². The molecular formula is C17H22N4O3. The molecule has 0 saturated carbocycles. The molecule has 0 saturated heterocycles. The van der Waals surface area contributed by atoms with Crippen LogP contribution in [0.25, 0.3) is 5.69 Å². The molecular weight excluding hydrogens is 308 g/mol. The summed E-state index contributed by atoms with van der Waals surface area (Å²) in [5, 5.41) is 19.7. The van der Waals surface area contributed by atoms with Gasteiger partial charge in [0.25, 0.3) is 5.91 Å². The van der Waals surface area contributed by atoms with Crippen molar-refractivity contribution in [3.63, 3.8) is 0 Å². The van der Waals surface area contributed by atoms with Crippen LogP contribution in [0.4, 0.5) is 0 Å². The first-order valence-corrected chi connectivity index (χ1v) is 7.82. The lowest BCUT2D eigenvalue weighted by Crippen LogP contribution is -2.42. The second-order valence-corrected chi connectivity index (χ2v) is 6.27. The molecule has 1 aromatic carbocycles. The fourth-order valence-electron chi connectivity index (χ4n) is 2.46. The molecule has 0 spiro atoms. The lowest BCUT2D eigenvalue weighted by Gasteiger charge is -2.15. The van der Waals surface area contributed by atoms with E-state index in [4.69, 9.17) is 0 Å². The maximum absolute atomic E-state index is 12.4. The SMILES string of the molecule is Cc1cccc(-n2nnc(C(=O)NC(CC(C)C)C(=O)O)c2C)c1. The first kappa shape index (κ1) is 17.7. The summed E-state index contributed by atoms with van der Waals surface area (Å²) in [6.45, 7) is 7.50. The summed E-state index contributed by atoms with van der Waals surface area (Å²) < 4.78 is 1.57. The van der Waals surface area contributed by atoms with Crippen LogP contribution in [0.15, 0.2) is 24.3 Å². The topological polar surface area (TPSA) is 97.1 Å². The van der Waals surface area contributed by atoms with Crippen molar-refractivity contribution in [2.75, 3.05) is 0 Å². The van der Waals surface area contributed by atoms with Crippen molar-refractivity contribution in [2.45, 2.75) is 40.2 Å². The van der Waals surface area contributed by atoms with Crippen molar-refractivity contribution in [3.8, 4) is 5.69 Å². The maximum atomic E-state index is 12.4. The standard InChI is InChI=1S/C17H22N4O3/c1-10(2)8-14(17(23)24)18-16(22)15-12(4)21(20-19-15)13-7-5-6-11(3)9-13/h5-7,9-10,14H,8H2,1-4H3,(H,18,22)(H,23,24). The van der Waals surface area contributed by atoms with E-state index < -0.39 is 17.9 Å². The molecule has 0 bridgehead atoms. The number of hydrogen-bond acceptors (Lipinski definition) is 4. The summed E-state index contributed by atoms with van der Waals surface area (Å²) in [6, 6.07) is 6.72. The zero-order valence-electron chi connectivity index (χ0n) is 14.3. The molecule has 1 heterocycles. The van der Waals surface area contributed by atoms with Gasteiger partial charge in [-0.15, -0.1) is 5.10 Å². The second kappa shape index (κ2) is 7.25. The third-order valence-electron chi connectivity index (χ3n) is 3.67. The fourth-order valence-corrected chi connectivity index (χ4v) is 2.46. The monoisotopic (exact) mass is 330 g/mol. The van der Waals surface area contributed by atoms with E-state index in [1.807, 2.05) is 45.0 Å². The van der Waals surface area contributed by atoms with E-state index in [2.05, 4.69) is 15.6 Å². The van der Waals surface area contributed by atoms with Gasteiger partial charge in [-0.25, -0.2) is 9.48 Å². The minimum atomic E-state index is -1.05. The molecule has 1 aromatic heterocycles. The van der Waals surface area contributed by atoms with Crippen LogP contribution in [0.3, 0.4) is 0 Å². The van der Waals surface area contributed by atoms with Crippen LogP contribution in [0.1, 0.15) is 42.0 Å². The Labute approximate surface area is 140 Å². The number of carboxylic acid groups (broad SMARTS) is 1. The number of nitrogens with one attached hydrogen (secondary N) is 1. The number of carbonyl (C=O) groups excluding carboxylic acids is 1. The van der Waals surface area contributed by atoms with E-state index in [0.717, 1.165) is 11.3 Å². The van der Waals surface area contributed by atoms with Gasteiger partial charge in [0.15, 0.2) is 5.69 Å². The molecule has 2 rings (SSSR count). The smallest absolute Gasteiger partial charge is 0.326 e. The first-order valence-electron chi connectivity index (χ1n) is 7.82. The third-order valence-corrected chi connectivity index (χ3v) is 3.67. The lowest BCUT2D eigenvalue weighted by molar-refractivity contribution is -0.139. The molecule has 7 nitrogen and oxygen atoms in total. The quantitative estimate of drug-likeness (QED) is 0.845. The molecule has 7 heteroatoms. The molecule has 0 fully saturated rings. The van der Waals surface area contributed by atoms with Crippen molar-refractivity contribution in [2.24, 2.45) is 5.92 Å². The molecule has 1 unspecified atom stereocenters. The Bertz CT molecular complexity index is 752. The molecule has 2 aromatic rings. The zero-order chi connectivity index (χ0) is 17.9. The van der Waals surface area contributed by atoms with Crippen LogP contribution in [0.5, 0.6) is 0 Å². The Morgan fingerprint density at radius 2 is 2.00 bits per heavy atom. The highest BCUT2D eigenvalue weighted by molar-refractivity contribution is 5.95. The van der Waals surface area contributed by atoms with Crippen molar-refractivity contribution in [3.05, 3.63) is 41.2 Å². The number of carboxylic acids is 1. The van der Waals surface area contributed by atoms with Crippen molar-refractivity contribution in [1.82, 2.24) is 20.3 Å². The Balaban J connectivity index is 2.23. The summed E-state index contributed by atoms with van der Waals surface area (Å²) in [5.74, 6) is -1.43. The number of hydrogen-bond donors (Lipinski definition) is 2. The Morgan fingerprint density at radius 3 is 2.58 bits per heavy atom. The largest absolute Gasteiger partial charge is 0.480 e. The molecule has 1 amide bonds. The van der Waals surface area contributed by atoms with E-state index in [1.54, 1.807) is 11.6 Å². The normalized spacial score (nSPS) is 12.2. The number of carbonyl (C=O) groups is 2. The van der Waals surface area contributed by atoms with Crippen LogP contribution in [-0.4, -0.2) is 38.0 Å². The summed E-state index contributed by atoms with van der Waals surface area (Å²) in [7, 11) is 0. The minimum absolute atomic E-state index is 0.131. The summed E-state index contributed by atoms with van der Waals surface area (Å²) in [6.07, 6.45) is 0.353. The van der Waals surface area contributed by atoms with Crippen molar-refractivity contribution < 1.29 is 14.7 Å². The maximum Gasteiger partial charge on any atom is 0.326 e.